The molecule has 106 heavy (non-hydrogen) atoms. The molecule has 2 rings (SSSR count). The number of unbranched alkanes of at least 4 members (excludes halogenated alkanes) is 2. The van der Waals surface area contributed by atoms with Crippen LogP contribution in [0.1, 0.15) is 124 Å². The Balaban J connectivity index is -0.000000149. The van der Waals surface area contributed by atoms with Gasteiger partial charge in [-0.25, -0.2) is 28.8 Å². The Kier molecular flexibility index (Phi) is 67.6. The van der Waals surface area contributed by atoms with Crippen molar-refractivity contribution in [2.24, 2.45) is 58.1 Å². The van der Waals surface area contributed by atoms with Gasteiger partial charge in [-0.05, 0) is 92.7 Å². The number of likely N-dealkylation sites (tertiary alicyclic amines) is 2. The average molecular weight is 1580 g/mol. The average Bonchev–Trinajstić information content (AvgIpc) is 1.71. The van der Waals surface area contributed by atoms with E-state index in [-0.39, 0.29) is 98.4 Å². The minimum Gasteiger partial charge on any atom is -0.478 e. The fraction of sp³-hybridized carbons (Fsp3) is 0.636. The van der Waals surface area contributed by atoms with Gasteiger partial charge in [-0.3, -0.25) is 53.5 Å². The predicted octanol–water partition coefficient (Wildman–Crippen LogP) is 1.22. The molecule has 37 nitrogen and oxygen atoms in total. The Hall–Kier alpha value is -8.11. The zero-order valence-corrected chi connectivity index (χ0v) is 69.0. The molecule has 2 fully saturated rings. The van der Waals surface area contributed by atoms with Crippen molar-refractivity contribution in [1.29, 1.82) is 0 Å². The van der Waals surface area contributed by atoms with E-state index in [1.54, 1.807) is 27.8 Å². The van der Waals surface area contributed by atoms with Gasteiger partial charge in [0, 0.05) is 86.1 Å². The molecule has 8 amide bonds. The number of ether oxygens (including phenoxy) is 1. The first-order valence-electron chi connectivity index (χ1n) is 33.8. The van der Waals surface area contributed by atoms with Crippen molar-refractivity contribution in [2.75, 3.05) is 66.8 Å². The molecule has 4 atom stereocenters. The lowest BCUT2D eigenvalue weighted by atomic mass is 10.1. The predicted molar refractivity (Wildman–Crippen MR) is 413 cm³/mol. The number of amides is 8. The summed E-state index contributed by atoms with van der Waals surface area (Å²) in [5.41, 5.74) is 29.5. The lowest BCUT2D eigenvalue weighted by Gasteiger charge is -2.43. The van der Waals surface area contributed by atoms with E-state index in [0.717, 1.165) is 42.4 Å². The van der Waals surface area contributed by atoms with Crippen LogP contribution in [0.15, 0.2) is 58.2 Å². The summed E-state index contributed by atoms with van der Waals surface area (Å²) in [4.78, 5) is 153. The second-order valence-electron chi connectivity index (χ2n) is 25.7. The van der Waals surface area contributed by atoms with Crippen LogP contribution in [0.4, 0.5) is 0 Å². The van der Waals surface area contributed by atoms with E-state index in [1.807, 2.05) is 0 Å². The summed E-state index contributed by atoms with van der Waals surface area (Å²) in [5.74, 6) is -9.62. The number of aliphatic carboxylic acids is 6. The fourth-order valence-electron chi connectivity index (χ4n) is 8.17. The largest absolute Gasteiger partial charge is 0.478 e. The SMILES string of the molecule is C/C(=C/C(=O)O)C(=O)NCN.C/C(=C/C(=O)O)C(=O)NCN.C/C(=C/C(=O)O)C(=O)NCN.C/C(=C/C(=O)O)C(=O)NCN.C/C(=C/C(=O)O)C(=O)O.CC(C)COCC(C)C.CCCC[Si](C)(C)O[Si](C)(C)[Si](C)(C)CCCC.CCN1C(=O)C(C)C(NCN2C(=O)C(C)C(NC)C2=O)C1=O.NCN.O.[2HH]. The summed E-state index contributed by atoms with van der Waals surface area (Å²) < 4.78 is 12.2. The number of imide groups is 2. The maximum Gasteiger partial charge on any atom is 0.331 e. The summed E-state index contributed by atoms with van der Waals surface area (Å²) in [6.45, 7) is 42.5. The standard InChI is InChI=1S/C14H22N4O4.C14H36OSi3.C8H18O.4C6H10N2O3.C5H6O4.CH6N2.H2O.H2/c1-5-17-11(19)8(3)10(14(17)22)16-6-18-12(20)7(2)9(15-4)13(18)21;1-9-11-13-16(3,4)15-18(7,8)17(5,6)14-12-10-2;1-7(2)5-9-6-8(3)4;4*1-4(2-5(9)10)6(11)8-3-7;1-3(5(8)9)2-4(6)7;2-1-3;;/h7-10,15-16H,5-6H2,1-4H3;9-14H2,1-8H3;7-8H,5-6H2,1-4H3;4*2H,3,7H2,1H3,(H,8,11)(H,9,10);2H,1H3,(H,6,7)(H,8,9);1-3H2;1H2;1H/b;;;4*4-2-;3-2-;;;/i;;;;;;;;;;1+1. The summed E-state index contributed by atoms with van der Waals surface area (Å²) >= 11 is 0. The third kappa shape index (κ3) is 56.3. The van der Waals surface area contributed by atoms with Crippen LogP contribution >= 0.6 is 0 Å². The first-order valence-corrected chi connectivity index (χ1v) is 44.1. The summed E-state index contributed by atoms with van der Waals surface area (Å²) in [7, 11) is -2.39. The topological polar surface area (TPSA) is 645 Å². The quantitative estimate of drug-likeness (QED) is 0.0195. The van der Waals surface area contributed by atoms with Crippen molar-refractivity contribution in [3.05, 3.63) is 58.2 Å². The smallest absolute Gasteiger partial charge is 0.331 e. The van der Waals surface area contributed by atoms with Crippen LogP contribution in [0, 0.1) is 23.7 Å². The molecule has 2 aliphatic rings. The number of carbonyl (C=O) groups is 14. The van der Waals surface area contributed by atoms with Crippen molar-refractivity contribution in [2.45, 2.75) is 186 Å². The monoisotopic (exact) mass is 1570 g/mol. The number of carboxylic acid groups (broad SMARTS) is 6. The Bertz CT molecular complexity index is 2730. The molecule has 0 aromatic carbocycles. The van der Waals surface area contributed by atoms with Crippen molar-refractivity contribution in [3.8, 4) is 0 Å². The molecule has 26 N–H and O–H groups in total. The van der Waals surface area contributed by atoms with Crippen molar-refractivity contribution >= 4 is 107 Å². The first kappa shape index (κ1) is 114. The van der Waals surface area contributed by atoms with E-state index < -0.39 is 107 Å². The maximum absolute atomic E-state index is 12.2. The molecule has 0 aromatic heterocycles. The van der Waals surface area contributed by atoms with E-state index in [2.05, 4.69) is 124 Å². The van der Waals surface area contributed by atoms with Gasteiger partial charge in [-0.15, -0.1) is 0 Å². The molecule has 0 radical (unpaired) electrons. The highest BCUT2D eigenvalue weighted by Crippen LogP contribution is 2.31. The van der Waals surface area contributed by atoms with Gasteiger partial charge in [0.05, 0.1) is 58.8 Å². The lowest BCUT2D eigenvalue weighted by molar-refractivity contribution is -0.142. The Morgan fingerprint density at radius 2 is 0.774 bits per heavy atom. The number of nitrogens with one attached hydrogen (secondary N) is 6. The van der Waals surface area contributed by atoms with Crippen molar-refractivity contribution in [1.82, 2.24) is 41.7 Å². The number of carbonyl (C=O) groups excluding carboxylic acids is 8. The highest BCUT2D eigenvalue weighted by molar-refractivity contribution is 7.39. The molecule has 0 bridgehead atoms. The molecule has 2 aliphatic heterocycles. The third-order valence-electron chi connectivity index (χ3n) is 14.3. The van der Waals surface area contributed by atoms with Gasteiger partial charge in [0.25, 0.3) is 0 Å². The number of rotatable bonds is 32. The number of likely N-dealkylation sites (N-methyl/N-ethyl adjacent to an activating group) is 2. The van der Waals surface area contributed by atoms with Crippen molar-refractivity contribution in [3.63, 3.8) is 0 Å². The van der Waals surface area contributed by atoms with Crippen LogP contribution in [0.2, 0.25) is 51.4 Å². The van der Waals surface area contributed by atoms with E-state index in [9.17, 15) is 67.1 Å². The Morgan fingerprint density at radius 3 is 1.01 bits per heavy atom. The normalized spacial score (nSPS) is 15.7. The maximum atomic E-state index is 12.2. The summed E-state index contributed by atoms with van der Waals surface area (Å²) in [6.07, 6.45) is 9.32. The molecule has 40 heteroatoms. The van der Waals surface area contributed by atoms with Crippen molar-refractivity contribution < 1.29 is 114 Å². The van der Waals surface area contributed by atoms with Gasteiger partial charge in [-0.1, -0.05) is 100 Å². The van der Waals surface area contributed by atoms with E-state index >= 15 is 0 Å². The summed E-state index contributed by atoms with van der Waals surface area (Å²) in [6, 6.07) is 1.57. The Morgan fingerprint density at radius 1 is 0.491 bits per heavy atom. The van der Waals surface area contributed by atoms with Gasteiger partial charge in [-0.2, -0.15) is 0 Å². The molecule has 0 saturated carbocycles. The molecule has 2 saturated heterocycles. The number of hydrogen-bond donors (Lipinski definition) is 18. The van der Waals surface area contributed by atoms with Crippen LogP contribution in [-0.2, 0) is 76.0 Å². The molecule has 4 unspecified atom stereocenters. The zero-order valence-electron chi connectivity index (χ0n) is 66.0. The first-order chi connectivity index (χ1) is 48.3. The van der Waals surface area contributed by atoms with Crippen LogP contribution in [0.3, 0.4) is 0 Å². The molecule has 0 aromatic rings. The van der Waals surface area contributed by atoms with Crippen LogP contribution in [0.5, 0.6) is 0 Å². The second kappa shape index (κ2) is 63.0. The highest BCUT2D eigenvalue weighted by atomic mass is 29.3. The minimum atomic E-state index is -1.45. The van der Waals surface area contributed by atoms with Crippen LogP contribution in [0.25, 0.3) is 0 Å². The van der Waals surface area contributed by atoms with Gasteiger partial charge in [0.2, 0.25) is 47.3 Å². The summed E-state index contributed by atoms with van der Waals surface area (Å²) in [5, 5.41) is 63.7. The van der Waals surface area contributed by atoms with E-state index in [1.165, 1.54) is 77.3 Å². The zero-order chi connectivity index (χ0) is 83.9. The van der Waals surface area contributed by atoms with Crippen LogP contribution < -0.4 is 66.3 Å². The van der Waals surface area contributed by atoms with E-state index in [0.29, 0.717) is 24.5 Å². The fourth-order valence-corrected chi connectivity index (χ4v) is 25.6. The molecule has 2 heterocycles. The van der Waals surface area contributed by atoms with Gasteiger partial charge >= 0.3 is 35.8 Å². The van der Waals surface area contributed by atoms with Crippen LogP contribution in [-0.4, -0.2) is 232 Å². The highest BCUT2D eigenvalue weighted by Gasteiger charge is 2.48. The van der Waals surface area contributed by atoms with Gasteiger partial charge in [0.15, 0.2) is 16.2 Å². The van der Waals surface area contributed by atoms with Gasteiger partial charge in [0.1, 0.15) is 6.04 Å². The van der Waals surface area contributed by atoms with Gasteiger partial charge < -0.3 is 106 Å². The Labute approximate surface area is 628 Å². The molecule has 616 valence electrons. The molecular formula is C66H132N14O23Si3. The number of nitrogens with two attached hydrogens (primary N) is 6. The third-order valence-corrected chi connectivity index (χ3v) is 36.5. The van der Waals surface area contributed by atoms with E-state index in [4.69, 9.17) is 62.4 Å². The number of hydrogen-bond acceptors (Lipinski definition) is 24. The lowest BCUT2D eigenvalue weighted by Crippen LogP contribution is -2.61. The number of nitrogens with zero attached hydrogens (tertiary/aromatic N) is 2. The number of carboxylic acids is 6. The second-order valence-corrected chi connectivity index (χ2v) is 45.5. The minimum absolute atomic E-state index is 0. The molecule has 0 aliphatic carbocycles. The molecular weight excluding hydrogens is 1440 g/mol. The molecule has 0 spiro atoms.